The number of carbonyl (C=O) groups excluding carboxylic acids is 1. The standard InChI is InChI=1S/C21H29NO2Si/c1-15-11-10-14-18(16(15)2)22-19-13-9-8-12-17(19)20(23)24-25(6,7)21(3,4)5/h8-14,22H,1-7H3. The lowest BCUT2D eigenvalue weighted by Gasteiger charge is -2.35. The molecular weight excluding hydrogens is 326 g/mol. The average Bonchev–Trinajstić information content (AvgIpc) is 2.51. The molecule has 0 saturated carbocycles. The van der Waals surface area contributed by atoms with Crippen LogP contribution in [0.1, 0.15) is 42.3 Å². The second kappa shape index (κ2) is 7.04. The van der Waals surface area contributed by atoms with Gasteiger partial charge in [-0.3, -0.25) is 0 Å². The Labute approximate surface area is 152 Å². The molecule has 0 bridgehead atoms. The van der Waals surface area contributed by atoms with Gasteiger partial charge in [0.25, 0.3) is 8.32 Å². The molecule has 2 aromatic carbocycles. The molecule has 4 heteroatoms. The Morgan fingerprint density at radius 2 is 1.56 bits per heavy atom. The Kier molecular flexibility index (Phi) is 5.42. The van der Waals surface area contributed by atoms with Crippen molar-refractivity contribution in [3.8, 4) is 0 Å². The van der Waals surface area contributed by atoms with Crippen LogP contribution in [0, 0.1) is 13.8 Å². The van der Waals surface area contributed by atoms with E-state index in [9.17, 15) is 4.79 Å². The van der Waals surface area contributed by atoms with Gasteiger partial charge >= 0.3 is 5.97 Å². The molecule has 0 spiro atoms. The number of hydrogen-bond acceptors (Lipinski definition) is 3. The topological polar surface area (TPSA) is 38.3 Å². The van der Waals surface area contributed by atoms with Crippen LogP contribution in [0.15, 0.2) is 42.5 Å². The SMILES string of the molecule is Cc1cccc(Nc2ccccc2C(=O)O[Si](C)(C)C(C)(C)C)c1C. The van der Waals surface area contributed by atoms with Crippen LogP contribution < -0.4 is 5.32 Å². The minimum absolute atomic E-state index is 0.0157. The molecule has 25 heavy (non-hydrogen) atoms. The lowest BCUT2D eigenvalue weighted by atomic mass is 10.1. The van der Waals surface area contributed by atoms with Gasteiger partial charge in [0.15, 0.2) is 0 Å². The summed E-state index contributed by atoms with van der Waals surface area (Å²) < 4.78 is 5.98. The van der Waals surface area contributed by atoms with Crippen LogP contribution in [0.4, 0.5) is 11.4 Å². The first-order valence-electron chi connectivity index (χ1n) is 8.68. The van der Waals surface area contributed by atoms with Crippen LogP contribution in [-0.4, -0.2) is 14.3 Å². The normalized spacial score (nSPS) is 12.0. The maximum absolute atomic E-state index is 12.8. The van der Waals surface area contributed by atoms with Gasteiger partial charge in [-0.25, -0.2) is 4.79 Å². The van der Waals surface area contributed by atoms with E-state index >= 15 is 0 Å². The van der Waals surface area contributed by atoms with Gasteiger partial charge in [-0.05, 0) is 61.3 Å². The number of benzene rings is 2. The highest BCUT2D eigenvalue weighted by Gasteiger charge is 2.40. The van der Waals surface area contributed by atoms with Crippen LogP contribution in [-0.2, 0) is 4.43 Å². The molecule has 0 fully saturated rings. The quantitative estimate of drug-likeness (QED) is 0.663. The highest BCUT2D eigenvalue weighted by molar-refractivity contribution is 6.75. The Morgan fingerprint density at radius 1 is 0.960 bits per heavy atom. The smallest absolute Gasteiger partial charge is 0.326 e. The Bertz CT molecular complexity index is 776. The monoisotopic (exact) mass is 355 g/mol. The van der Waals surface area contributed by atoms with Crippen LogP contribution >= 0.6 is 0 Å². The molecule has 0 aliphatic carbocycles. The van der Waals surface area contributed by atoms with Crippen LogP contribution in [0.5, 0.6) is 0 Å². The van der Waals surface area contributed by atoms with Gasteiger partial charge in [0.1, 0.15) is 0 Å². The molecule has 3 nitrogen and oxygen atoms in total. The van der Waals surface area contributed by atoms with Gasteiger partial charge in [-0.1, -0.05) is 45.0 Å². The highest BCUT2D eigenvalue weighted by atomic mass is 28.4. The molecular formula is C21H29NO2Si. The summed E-state index contributed by atoms with van der Waals surface area (Å²) in [5.74, 6) is -0.250. The first-order valence-corrected chi connectivity index (χ1v) is 11.6. The average molecular weight is 356 g/mol. The number of nitrogens with one attached hydrogen (secondary N) is 1. The molecule has 0 aromatic heterocycles. The van der Waals surface area contributed by atoms with Crippen molar-refractivity contribution in [1.29, 1.82) is 0 Å². The molecule has 1 N–H and O–H groups in total. The summed E-state index contributed by atoms with van der Waals surface area (Å²) in [7, 11) is -2.16. The minimum atomic E-state index is -2.16. The number of aryl methyl sites for hydroxylation is 1. The van der Waals surface area contributed by atoms with Gasteiger partial charge in [0, 0.05) is 5.69 Å². The number of carbonyl (C=O) groups is 1. The maximum atomic E-state index is 12.8. The predicted molar refractivity (Wildman–Crippen MR) is 108 cm³/mol. The summed E-state index contributed by atoms with van der Waals surface area (Å²) in [6.45, 7) is 14.7. The van der Waals surface area contributed by atoms with Crippen molar-refractivity contribution in [2.45, 2.75) is 52.8 Å². The number of para-hydroxylation sites is 1. The van der Waals surface area contributed by atoms with E-state index in [4.69, 9.17) is 4.43 Å². The Morgan fingerprint density at radius 3 is 2.20 bits per heavy atom. The third-order valence-corrected chi connectivity index (χ3v) is 9.48. The second-order valence-corrected chi connectivity index (χ2v) is 12.8. The van der Waals surface area contributed by atoms with E-state index in [1.807, 2.05) is 36.4 Å². The zero-order valence-electron chi connectivity index (χ0n) is 16.4. The van der Waals surface area contributed by atoms with Crippen LogP contribution in [0.2, 0.25) is 18.1 Å². The van der Waals surface area contributed by atoms with Gasteiger partial charge in [-0.15, -0.1) is 0 Å². The highest BCUT2D eigenvalue weighted by Crippen LogP contribution is 2.37. The fraction of sp³-hybridized carbons (Fsp3) is 0.381. The Balaban J connectivity index is 2.32. The molecule has 0 unspecified atom stereocenters. The Hall–Kier alpha value is -2.07. The second-order valence-electron chi connectivity index (χ2n) is 8.07. The molecule has 0 aliphatic rings. The van der Waals surface area contributed by atoms with E-state index in [1.54, 1.807) is 0 Å². The van der Waals surface area contributed by atoms with E-state index in [0.717, 1.165) is 11.4 Å². The van der Waals surface area contributed by atoms with Crippen LogP contribution in [0.3, 0.4) is 0 Å². The molecule has 0 aliphatic heterocycles. The number of rotatable bonds is 4. The minimum Gasteiger partial charge on any atom is -0.516 e. The molecule has 2 aromatic rings. The van der Waals surface area contributed by atoms with Gasteiger partial charge in [-0.2, -0.15) is 0 Å². The fourth-order valence-corrected chi connectivity index (χ4v) is 3.12. The van der Waals surface area contributed by atoms with Crippen molar-refractivity contribution >= 4 is 25.7 Å². The molecule has 0 amide bonds. The summed E-state index contributed by atoms with van der Waals surface area (Å²) in [5.41, 5.74) is 4.75. The largest absolute Gasteiger partial charge is 0.516 e. The van der Waals surface area contributed by atoms with Crippen molar-refractivity contribution in [1.82, 2.24) is 0 Å². The van der Waals surface area contributed by atoms with Crippen molar-refractivity contribution < 1.29 is 9.22 Å². The van der Waals surface area contributed by atoms with Gasteiger partial charge in [0.2, 0.25) is 0 Å². The third kappa shape index (κ3) is 4.31. The molecule has 2 rings (SSSR count). The number of anilines is 2. The van der Waals surface area contributed by atoms with Crippen LogP contribution in [0.25, 0.3) is 0 Å². The molecule has 0 radical (unpaired) electrons. The number of hydrogen-bond donors (Lipinski definition) is 1. The van der Waals surface area contributed by atoms with Crippen molar-refractivity contribution in [2.75, 3.05) is 5.32 Å². The fourth-order valence-electron chi connectivity index (χ4n) is 2.24. The maximum Gasteiger partial charge on any atom is 0.326 e. The first kappa shape index (κ1) is 19.3. The van der Waals surface area contributed by atoms with E-state index in [1.165, 1.54) is 11.1 Å². The zero-order valence-corrected chi connectivity index (χ0v) is 17.4. The van der Waals surface area contributed by atoms with Crippen molar-refractivity contribution in [3.05, 3.63) is 59.2 Å². The van der Waals surface area contributed by atoms with Gasteiger partial charge in [0.05, 0.1) is 11.3 Å². The van der Waals surface area contributed by atoms with Gasteiger partial charge < -0.3 is 9.74 Å². The van der Waals surface area contributed by atoms with E-state index in [-0.39, 0.29) is 11.0 Å². The van der Waals surface area contributed by atoms with E-state index in [0.29, 0.717) is 5.56 Å². The molecule has 0 atom stereocenters. The summed E-state index contributed by atoms with van der Waals surface area (Å²) in [5, 5.41) is 3.39. The van der Waals surface area contributed by atoms with E-state index in [2.05, 4.69) is 59.1 Å². The predicted octanol–water partition coefficient (Wildman–Crippen LogP) is 6.21. The van der Waals surface area contributed by atoms with Crippen molar-refractivity contribution in [3.63, 3.8) is 0 Å². The molecule has 0 saturated heterocycles. The summed E-state index contributed by atoms with van der Waals surface area (Å²) >= 11 is 0. The third-order valence-electron chi connectivity index (χ3n) is 5.17. The summed E-state index contributed by atoms with van der Waals surface area (Å²) in [6.07, 6.45) is 0. The summed E-state index contributed by atoms with van der Waals surface area (Å²) in [4.78, 5) is 12.8. The summed E-state index contributed by atoms with van der Waals surface area (Å²) in [6, 6.07) is 13.7. The first-order chi connectivity index (χ1) is 11.5. The lowest BCUT2D eigenvalue weighted by Crippen LogP contribution is -2.42. The molecule has 134 valence electrons. The van der Waals surface area contributed by atoms with Crippen molar-refractivity contribution in [2.24, 2.45) is 0 Å². The lowest BCUT2D eigenvalue weighted by molar-refractivity contribution is 0.0713. The van der Waals surface area contributed by atoms with E-state index < -0.39 is 8.32 Å². The zero-order chi connectivity index (χ0) is 18.8. The molecule has 0 heterocycles.